The summed E-state index contributed by atoms with van der Waals surface area (Å²) in [6, 6.07) is 2.31. The summed E-state index contributed by atoms with van der Waals surface area (Å²) in [4.78, 5) is 36.1. The predicted molar refractivity (Wildman–Crippen MR) is 96.6 cm³/mol. The number of hydrazone groups is 1. The van der Waals surface area contributed by atoms with Crippen molar-refractivity contribution >= 4 is 39.6 Å². The number of hydrogen-bond donors (Lipinski definition) is 1. The second kappa shape index (κ2) is 5.48. The number of phenolic OH excluding ortho intramolecular Hbond substituents is 1. The first-order chi connectivity index (χ1) is 12.9. The van der Waals surface area contributed by atoms with E-state index in [4.69, 9.17) is 0 Å². The number of carbonyl (C=O) groups is 2. The van der Waals surface area contributed by atoms with Crippen LogP contribution in [0.3, 0.4) is 0 Å². The van der Waals surface area contributed by atoms with E-state index in [9.17, 15) is 24.8 Å². The molecule has 5 aliphatic rings. The molecule has 2 bridgehead atoms. The summed E-state index contributed by atoms with van der Waals surface area (Å²) >= 11 is 3.06. The smallest absolute Gasteiger partial charge is 0.271 e. The zero-order valence-corrected chi connectivity index (χ0v) is 15.4. The summed E-state index contributed by atoms with van der Waals surface area (Å²) < 4.78 is 0.133. The Kier molecular flexibility index (Phi) is 3.37. The number of rotatable bonds is 3. The number of hydrogen-bond acceptors (Lipinski definition) is 6. The van der Waals surface area contributed by atoms with E-state index in [0.717, 1.165) is 23.7 Å². The number of imide groups is 1. The molecule has 1 aromatic rings. The van der Waals surface area contributed by atoms with Crippen molar-refractivity contribution in [3.05, 3.63) is 44.4 Å². The fourth-order valence-electron chi connectivity index (χ4n) is 4.98. The van der Waals surface area contributed by atoms with Crippen LogP contribution in [0.4, 0.5) is 5.69 Å². The fourth-order valence-corrected chi connectivity index (χ4v) is 5.45. The maximum absolute atomic E-state index is 12.8. The standard InChI is InChI=1S/C18H14BrN3O5/c19-13-4-8(22(26)27)3-7(16(13)23)6-20-21-17(24)14-9-1-2-10(12-5-11(9)12)15(14)18(21)25/h1-4,6,9-12,14-15,23H,5H2/b20-6-/t9-,10-,11-,12+,14-,15-/m1/s1. The van der Waals surface area contributed by atoms with Crippen LogP contribution in [0.2, 0.25) is 0 Å². The summed E-state index contributed by atoms with van der Waals surface area (Å²) in [5, 5.41) is 26.0. The number of nitro benzene ring substituents is 1. The molecule has 2 saturated carbocycles. The van der Waals surface area contributed by atoms with E-state index in [1.54, 1.807) is 0 Å². The molecule has 1 aromatic carbocycles. The molecule has 0 unspecified atom stereocenters. The van der Waals surface area contributed by atoms with Gasteiger partial charge in [-0.15, -0.1) is 0 Å². The molecular formula is C18H14BrN3O5. The first kappa shape index (κ1) is 16.6. The third-order valence-corrected chi connectivity index (χ3v) is 6.84. The molecule has 4 aliphatic carbocycles. The van der Waals surface area contributed by atoms with E-state index in [1.807, 2.05) is 0 Å². The summed E-state index contributed by atoms with van der Waals surface area (Å²) in [6.07, 6.45) is 6.34. The molecule has 0 radical (unpaired) electrons. The molecule has 2 amide bonds. The lowest BCUT2D eigenvalue weighted by molar-refractivity contribution is -0.385. The van der Waals surface area contributed by atoms with Crippen molar-refractivity contribution in [2.24, 2.45) is 40.6 Å². The van der Waals surface area contributed by atoms with Crippen LogP contribution in [0.5, 0.6) is 5.75 Å². The average molecular weight is 432 g/mol. The Hall–Kier alpha value is -2.55. The number of nitrogens with zero attached hydrogens (tertiary/aromatic N) is 3. The van der Waals surface area contributed by atoms with Crippen LogP contribution in [0.15, 0.2) is 33.9 Å². The Morgan fingerprint density at radius 2 is 1.78 bits per heavy atom. The second-order valence-electron chi connectivity index (χ2n) is 7.51. The van der Waals surface area contributed by atoms with E-state index < -0.39 is 4.92 Å². The molecule has 1 heterocycles. The van der Waals surface area contributed by atoms with E-state index in [2.05, 4.69) is 33.2 Å². The first-order valence-corrected chi connectivity index (χ1v) is 9.45. The van der Waals surface area contributed by atoms with Gasteiger partial charge in [0.05, 0.1) is 27.4 Å². The van der Waals surface area contributed by atoms with Gasteiger partial charge in [-0.1, -0.05) is 12.2 Å². The Morgan fingerprint density at radius 1 is 1.19 bits per heavy atom. The summed E-state index contributed by atoms with van der Waals surface area (Å²) in [5.74, 6) is -0.423. The van der Waals surface area contributed by atoms with Crippen molar-refractivity contribution in [3.8, 4) is 5.75 Å². The number of carbonyl (C=O) groups excluding carboxylic acids is 2. The van der Waals surface area contributed by atoms with Crippen LogP contribution in [0.1, 0.15) is 12.0 Å². The maximum atomic E-state index is 12.8. The van der Waals surface area contributed by atoms with Crippen LogP contribution in [0, 0.1) is 45.6 Å². The van der Waals surface area contributed by atoms with Crippen LogP contribution >= 0.6 is 15.9 Å². The van der Waals surface area contributed by atoms with Gasteiger partial charge in [-0.3, -0.25) is 19.7 Å². The van der Waals surface area contributed by atoms with Crippen molar-refractivity contribution in [1.82, 2.24) is 5.01 Å². The Balaban J connectivity index is 1.47. The normalized spacial score (nSPS) is 35.7. The number of aromatic hydroxyl groups is 1. The van der Waals surface area contributed by atoms with Crippen LogP contribution in [-0.4, -0.2) is 33.1 Å². The van der Waals surface area contributed by atoms with Crippen molar-refractivity contribution in [2.45, 2.75) is 6.42 Å². The van der Waals surface area contributed by atoms with Crippen LogP contribution in [-0.2, 0) is 9.59 Å². The molecule has 0 aromatic heterocycles. The molecule has 8 nitrogen and oxygen atoms in total. The van der Waals surface area contributed by atoms with Crippen molar-refractivity contribution in [1.29, 1.82) is 0 Å². The minimum atomic E-state index is -0.599. The van der Waals surface area contributed by atoms with Gasteiger partial charge in [0.2, 0.25) is 0 Å². The number of allylic oxidation sites excluding steroid dienone is 2. The van der Waals surface area contributed by atoms with E-state index in [-0.39, 0.29) is 57.0 Å². The van der Waals surface area contributed by atoms with Gasteiger partial charge in [-0.2, -0.15) is 10.1 Å². The number of halogens is 1. The topological polar surface area (TPSA) is 113 Å². The lowest BCUT2D eigenvalue weighted by Crippen LogP contribution is -2.40. The van der Waals surface area contributed by atoms with Gasteiger partial charge in [-0.25, -0.2) is 0 Å². The highest BCUT2D eigenvalue weighted by Gasteiger charge is 2.67. The number of benzene rings is 1. The number of non-ortho nitro benzene ring substituents is 1. The van der Waals surface area contributed by atoms with Gasteiger partial charge >= 0.3 is 0 Å². The Bertz CT molecular complexity index is 938. The highest BCUT2D eigenvalue weighted by Crippen LogP contribution is 2.65. The average Bonchev–Trinajstić information content (AvgIpc) is 3.42. The van der Waals surface area contributed by atoms with Crippen molar-refractivity contribution in [3.63, 3.8) is 0 Å². The monoisotopic (exact) mass is 431 g/mol. The molecule has 1 aliphatic heterocycles. The molecule has 1 saturated heterocycles. The predicted octanol–water partition coefficient (Wildman–Crippen LogP) is 2.45. The molecule has 3 fully saturated rings. The zero-order chi connectivity index (χ0) is 19.0. The molecular weight excluding hydrogens is 418 g/mol. The third kappa shape index (κ3) is 2.24. The minimum Gasteiger partial charge on any atom is -0.506 e. The second-order valence-corrected chi connectivity index (χ2v) is 8.36. The van der Waals surface area contributed by atoms with Crippen molar-refractivity contribution < 1.29 is 19.6 Å². The van der Waals surface area contributed by atoms with E-state index in [1.165, 1.54) is 6.07 Å². The quantitative estimate of drug-likeness (QED) is 0.259. The molecule has 138 valence electrons. The number of nitro groups is 1. The van der Waals surface area contributed by atoms with E-state index in [0.29, 0.717) is 11.8 Å². The van der Waals surface area contributed by atoms with Crippen LogP contribution < -0.4 is 0 Å². The summed E-state index contributed by atoms with van der Waals surface area (Å²) in [5.41, 5.74) is -0.188. The molecule has 9 heteroatoms. The largest absolute Gasteiger partial charge is 0.506 e. The molecule has 1 N–H and O–H groups in total. The maximum Gasteiger partial charge on any atom is 0.271 e. The lowest BCUT2D eigenvalue weighted by atomic mass is 9.63. The summed E-state index contributed by atoms with van der Waals surface area (Å²) in [6.45, 7) is 0. The van der Waals surface area contributed by atoms with Gasteiger partial charge in [-0.05, 0) is 46.0 Å². The molecule has 6 atom stereocenters. The lowest BCUT2D eigenvalue weighted by Gasteiger charge is -2.37. The highest BCUT2D eigenvalue weighted by atomic mass is 79.9. The summed E-state index contributed by atoms with van der Waals surface area (Å²) in [7, 11) is 0. The first-order valence-electron chi connectivity index (χ1n) is 8.65. The zero-order valence-electron chi connectivity index (χ0n) is 13.9. The van der Waals surface area contributed by atoms with E-state index >= 15 is 0 Å². The number of phenols is 1. The molecule has 6 rings (SSSR count). The molecule has 27 heavy (non-hydrogen) atoms. The van der Waals surface area contributed by atoms with Gasteiger partial charge < -0.3 is 5.11 Å². The SMILES string of the molecule is O=C1[C@@H]2[C@@H]3C=C[C@H]([C@@H]4C[C@H]34)[C@H]2C(=O)N1/N=C\c1cc([N+](=O)[O-])cc(Br)c1O. The Labute approximate surface area is 161 Å². The Morgan fingerprint density at radius 3 is 2.33 bits per heavy atom. The van der Waals surface area contributed by atoms with Gasteiger partial charge in [0.1, 0.15) is 5.75 Å². The van der Waals surface area contributed by atoms with Gasteiger partial charge in [0.15, 0.2) is 0 Å². The molecule has 0 spiro atoms. The van der Waals surface area contributed by atoms with Crippen molar-refractivity contribution in [2.75, 3.05) is 0 Å². The van der Waals surface area contributed by atoms with Gasteiger partial charge in [0.25, 0.3) is 17.5 Å². The number of amides is 2. The third-order valence-electron chi connectivity index (χ3n) is 6.24. The fraction of sp³-hybridized carbons (Fsp3) is 0.389. The highest BCUT2D eigenvalue weighted by molar-refractivity contribution is 9.10. The minimum absolute atomic E-state index is 0.0514. The van der Waals surface area contributed by atoms with Crippen LogP contribution in [0.25, 0.3) is 0 Å². The van der Waals surface area contributed by atoms with Gasteiger partial charge in [0, 0.05) is 17.7 Å².